The Hall–Kier alpha value is -2.21. The summed E-state index contributed by atoms with van der Waals surface area (Å²) in [7, 11) is 0. The lowest BCUT2D eigenvalue weighted by molar-refractivity contribution is -0.122. The van der Waals surface area contributed by atoms with Gasteiger partial charge < -0.3 is 15.0 Å². The highest BCUT2D eigenvalue weighted by Gasteiger charge is 2.36. The standard InChI is InChI=1S/C18H23N3O3/c1-18(2)11-24-10-14(18)20-16(22)9-5-8-15-19-13-7-4-3-6-12(13)17(23)21-15/h3-4,6-7,14H,5,8-11H2,1-2H3,(H,20,22)(H,19,21,23)/t14-/m0/s1. The van der Waals surface area contributed by atoms with Gasteiger partial charge in [-0.1, -0.05) is 26.0 Å². The molecule has 2 aromatic rings. The minimum Gasteiger partial charge on any atom is -0.379 e. The minimum absolute atomic E-state index is 0.0155. The number of amides is 1. The lowest BCUT2D eigenvalue weighted by atomic mass is 9.88. The van der Waals surface area contributed by atoms with Crippen LogP contribution in [0.4, 0.5) is 0 Å². The first-order valence-electron chi connectivity index (χ1n) is 8.31. The molecule has 2 heterocycles. The first kappa shape index (κ1) is 16.6. The van der Waals surface area contributed by atoms with Crippen LogP contribution in [0.25, 0.3) is 10.9 Å². The highest BCUT2D eigenvalue weighted by molar-refractivity contribution is 5.77. The summed E-state index contributed by atoms with van der Waals surface area (Å²) in [6.45, 7) is 5.42. The van der Waals surface area contributed by atoms with Gasteiger partial charge in [-0.3, -0.25) is 9.59 Å². The molecule has 6 nitrogen and oxygen atoms in total. The molecular formula is C18H23N3O3. The fourth-order valence-electron chi connectivity index (χ4n) is 2.94. The lowest BCUT2D eigenvalue weighted by Crippen LogP contribution is -2.44. The number of H-pyrrole nitrogens is 1. The number of aromatic amines is 1. The van der Waals surface area contributed by atoms with Gasteiger partial charge in [0.1, 0.15) is 5.82 Å². The maximum atomic E-state index is 12.1. The van der Waals surface area contributed by atoms with Gasteiger partial charge in [-0.2, -0.15) is 0 Å². The first-order valence-corrected chi connectivity index (χ1v) is 8.31. The number of aryl methyl sites for hydroxylation is 1. The van der Waals surface area contributed by atoms with Gasteiger partial charge in [0.25, 0.3) is 5.56 Å². The van der Waals surface area contributed by atoms with Crippen LogP contribution in [0.1, 0.15) is 32.5 Å². The van der Waals surface area contributed by atoms with Crippen LogP contribution in [0.5, 0.6) is 0 Å². The normalized spacial score (nSPS) is 19.5. The van der Waals surface area contributed by atoms with Gasteiger partial charge >= 0.3 is 0 Å². The van der Waals surface area contributed by atoms with Crippen LogP contribution in [-0.2, 0) is 16.0 Å². The molecule has 1 fully saturated rings. The molecule has 0 saturated carbocycles. The number of hydrogen-bond acceptors (Lipinski definition) is 4. The molecule has 2 N–H and O–H groups in total. The number of nitrogens with zero attached hydrogens (tertiary/aromatic N) is 1. The molecule has 128 valence electrons. The zero-order valence-electron chi connectivity index (χ0n) is 14.1. The van der Waals surface area contributed by atoms with Crippen LogP contribution >= 0.6 is 0 Å². The molecule has 1 aliphatic rings. The number of fused-ring (bicyclic) bond motifs is 1. The zero-order chi connectivity index (χ0) is 17.2. The summed E-state index contributed by atoms with van der Waals surface area (Å²) in [4.78, 5) is 31.4. The van der Waals surface area contributed by atoms with E-state index in [1.165, 1.54) is 0 Å². The van der Waals surface area contributed by atoms with Crippen molar-refractivity contribution in [2.24, 2.45) is 5.41 Å². The van der Waals surface area contributed by atoms with Crippen molar-refractivity contribution in [1.29, 1.82) is 0 Å². The summed E-state index contributed by atoms with van der Waals surface area (Å²) in [5.41, 5.74) is 0.524. The van der Waals surface area contributed by atoms with Crippen LogP contribution < -0.4 is 10.9 Å². The van der Waals surface area contributed by atoms with E-state index in [-0.39, 0.29) is 22.9 Å². The number of ether oxygens (including phenoxy) is 1. The summed E-state index contributed by atoms with van der Waals surface area (Å²) < 4.78 is 5.44. The van der Waals surface area contributed by atoms with Gasteiger partial charge in [0, 0.05) is 18.3 Å². The second-order valence-corrected chi connectivity index (χ2v) is 7.01. The summed E-state index contributed by atoms with van der Waals surface area (Å²) in [5.74, 6) is 0.637. The monoisotopic (exact) mass is 329 g/mol. The van der Waals surface area contributed by atoms with Crippen molar-refractivity contribution in [3.63, 3.8) is 0 Å². The fourth-order valence-corrected chi connectivity index (χ4v) is 2.94. The van der Waals surface area contributed by atoms with Crippen LogP contribution in [0.2, 0.25) is 0 Å². The van der Waals surface area contributed by atoms with Gasteiger partial charge in [0.15, 0.2) is 0 Å². The SMILES string of the molecule is CC1(C)COC[C@@H]1NC(=O)CCCc1nc2ccccc2c(=O)[nH]1. The largest absolute Gasteiger partial charge is 0.379 e. The van der Waals surface area contributed by atoms with Crippen molar-refractivity contribution < 1.29 is 9.53 Å². The average molecular weight is 329 g/mol. The number of nitrogens with one attached hydrogen (secondary N) is 2. The van der Waals surface area contributed by atoms with Crippen molar-refractivity contribution in [2.45, 2.75) is 39.2 Å². The molecule has 1 aromatic heterocycles. The van der Waals surface area contributed by atoms with Gasteiger partial charge in [0.2, 0.25) is 5.91 Å². The average Bonchev–Trinajstić information content (AvgIpc) is 2.86. The number of aromatic nitrogens is 2. The molecule has 1 aromatic carbocycles. The van der Waals surface area contributed by atoms with Gasteiger partial charge in [-0.25, -0.2) is 4.98 Å². The molecule has 1 saturated heterocycles. The van der Waals surface area contributed by atoms with Crippen LogP contribution in [-0.4, -0.2) is 35.1 Å². The summed E-state index contributed by atoms with van der Waals surface area (Å²) in [6, 6.07) is 7.31. The summed E-state index contributed by atoms with van der Waals surface area (Å²) in [5, 5.41) is 3.63. The Morgan fingerprint density at radius 2 is 2.21 bits per heavy atom. The fraction of sp³-hybridized carbons (Fsp3) is 0.500. The van der Waals surface area contributed by atoms with E-state index in [0.717, 1.165) is 0 Å². The Morgan fingerprint density at radius 1 is 1.42 bits per heavy atom. The third-order valence-electron chi connectivity index (χ3n) is 4.52. The van der Waals surface area contributed by atoms with Crippen molar-refractivity contribution >= 4 is 16.8 Å². The Morgan fingerprint density at radius 3 is 2.96 bits per heavy atom. The molecule has 3 rings (SSSR count). The predicted molar refractivity (Wildman–Crippen MR) is 91.8 cm³/mol. The maximum Gasteiger partial charge on any atom is 0.258 e. The van der Waals surface area contributed by atoms with E-state index in [4.69, 9.17) is 4.74 Å². The van der Waals surface area contributed by atoms with E-state index in [2.05, 4.69) is 29.1 Å². The summed E-state index contributed by atoms with van der Waals surface area (Å²) >= 11 is 0. The molecule has 1 amide bonds. The lowest BCUT2D eigenvalue weighted by Gasteiger charge is -2.25. The molecule has 0 spiro atoms. The van der Waals surface area contributed by atoms with E-state index in [0.29, 0.717) is 49.2 Å². The maximum absolute atomic E-state index is 12.1. The Kier molecular flexibility index (Phi) is 4.66. The topological polar surface area (TPSA) is 84.1 Å². The number of rotatable bonds is 5. The van der Waals surface area contributed by atoms with E-state index >= 15 is 0 Å². The Labute approximate surface area is 140 Å². The van der Waals surface area contributed by atoms with Gasteiger partial charge in [-0.05, 0) is 18.6 Å². The molecule has 0 unspecified atom stereocenters. The van der Waals surface area contributed by atoms with Crippen LogP contribution in [0.15, 0.2) is 29.1 Å². The second kappa shape index (κ2) is 6.73. The molecule has 24 heavy (non-hydrogen) atoms. The van der Waals surface area contributed by atoms with E-state index < -0.39 is 0 Å². The molecular weight excluding hydrogens is 306 g/mol. The van der Waals surface area contributed by atoms with Crippen molar-refractivity contribution in [3.8, 4) is 0 Å². The first-order chi connectivity index (χ1) is 11.5. The molecule has 6 heteroatoms. The minimum atomic E-state index is -0.134. The highest BCUT2D eigenvalue weighted by Crippen LogP contribution is 2.27. The number of hydrogen-bond donors (Lipinski definition) is 2. The van der Waals surface area contributed by atoms with E-state index in [1.54, 1.807) is 6.07 Å². The van der Waals surface area contributed by atoms with E-state index in [1.807, 2.05) is 18.2 Å². The second-order valence-electron chi connectivity index (χ2n) is 7.01. The summed E-state index contributed by atoms with van der Waals surface area (Å²) in [6.07, 6.45) is 1.61. The van der Waals surface area contributed by atoms with Gasteiger partial charge in [-0.15, -0.1) is 0 Å². The highest BCUT2D eigenvalue weighted by atomic mass is 16.5. The number of para-hydroxylation sites is 1. The van der Waals surface area contributed by atoms with E-state index in [9.17, 15) is 9.59 Å². The van der Waals surface area contributed by atoms with Crippen molar-refractivity contribution in [2.75, 3.05) is 13.2 Å². The predicted octanol–water partition coefficient (Wildman–Crippen LogP) is 1.79. The molecule has 1 aliphatic heterocycles. The number of carbonyl (C=O) groups excluding carboxylic acids is 1. The number of carbonyl (C=O) groups is 1. The van der Waals surface area contributed by atoms with Crippen LogP contribution in [0.3, 0.4) is 0 Å². The Balaban J connectivity index is 1.55. The third kappa shape index (κ3) is 3.64. The van der Waals surface area contributed by atoms with Gasteiger partial charge in [0.05, 0.1) is 30.2 Å². The molecule has 0 bridgehead atoms. The van der Waals surface area contributed by atoms with Crippen molar-refractivity contribution in [1.82, 2.24) is 15.3 Å². The molecule has 0 aliphatic carbocycles. The van der Waals surface area contributed by atoms with Crippen LogP contribution in [0, 0.1) is 5.41 Å². The Bertz CT molecular complexity index is 797. The smallest absolute Gasteiger partial charge is 0.258 e. The van der Waals surface area contributed by atoms with Crippen molar-refractivity contribution in [3.05, 3.63) is 40.4 Å². The number of benzene rings is 1. The molecule has 1 atom stereocenters. The quantitative estimate of drug-likeness (QED) is 0.876. The zero-order valence-corrected chi connectivity index (χ0v) is 14.1. The third-order valence-corrected chi connectivity index (χ3v) is 4.52. The molecule has 0 radical (unpaired) electrons.